The molecule has 30 heavy (non-hydrogen) atoms. The Hall–Kier alpha value is -3.14. The number of halogens is 5. The van der Waals surface area contributed by atoms with Gasteiger partial charge in [0.15, 0.2) is 6.23 Å². The highest BCUT2D eigenvalue weighted by molar-refractivity contribution is 5.45. The van der Waals surface area contributed by atoms with Crippen LogP contribution in [0.2, 0.25) is 0 Å². The molecule has 1 aromatic heterocycles. The zero-order chi connectivity index (χ0) is 21.9. The number of benzene rings is 2. The summed E-state index contributed by atoms with van der Waals surface area (Å²) in [5, 5.41) is 16.5. The lowest BCUT2D eigenvalue weighted by molar-refractivity contribution is -0.137. The highest BCUT2D eigenvalue weighted by Gasteiger charge is 2.31. The van der Waals surface area contributed by atoms with Gasteiger partial charge in [0.2, 0.25) is 5.88 Å². The van der Waals surface area contributed by atoms with E-state index < -0.39 is 29.6 Å². The van der Waals surface area contributed by atoms with E-state index in [1.54, 1.807) is 30.3 Å². The Morgan fingerprint density at radius 3 is 2.23 bits per heavy atom. The summed E-state index contributed by atoms with van der Waals surface area (Å²) in [6.07, 6.45) is -5.78. The standard InChI is InChI=1S/C20H18F5N3O2/c1-19(21,22)16-11-18(28(27-16)15-5-3-2-4-6-15)30-12-17(29)26-14-9-7-13(8-10-14)20(23,24)25/h2-11,17,26,29H,12H2,1H3. The fourth-order valence-corrected chi connectivity index (χ4v) is 2.59. The summed E-state index contributed by atoms with van der Waals surface area (Å²) >= 11 is 0. The first kappa shape index (κ1) is 21.6. The topological polar surface area (TPSA) is 59.3 Å². The number of rotatable bonds is 7. The van der Waals surface area contributed by atoms with E-state index in [2.05, 4.69) is 10.4 Å². The molecule has 1 atom stereocenters. The molecule has 0 amide bonds. The molecule has 0 aliphatic carbocycles. The van der Waals surface area contributed by atoms with Gasteiger partial charge in [-0.3, -0.25) is 0 Å². The third-order valence-electron chi connectivity index (χ3n) is 4.06. The predicted octanol–water partition coefficient (Wildman–Crippen LogP) is 4.81. The molecule has 0 saturated heterocycles. The Kier molecular flexibility index (Phi) is 5.97. The summed E-state index contributed by atoms with van der Waals surface area (Å²) in [4.78, 5) is 0. The summed E-state index contributed by atoms with van der Waals surface area (Å²) in [6.45, 7) is 0.337. The van der Waals surface area contributed by atoms with E-state index in [-0.39, 0.29) is 18.2 Å². The highest BCUT2D eigenvalue weighted by atomic mass is 19.4. The van der Waals surface area contributed by atoms with E-state index in [4.69, 9.17) is 4.74 Å². The van der Waals surface area contributed by atoms with Crippen molar-refractivity contribution >= 4 is 5.69 Å². The number of aromatic nitrogens is 2. The van der Waals surface area contributed by atoms with Crippen LogP contribution in [0, 0.1) is 0 Å². The SMILES string of the molecule is CC(F)(F)c1cc(OCC(O)Nc2ccc(C(F)(F)F)cc2)n(-c2ccccc2)n1. The molecule has 2 N–H and O–H groups in total. The highest BCUT2D eigenvalue weighted by Crippen LogP contribution is 2.31. The summed E-state index contributed by atoms with van der Waals surface area (Å²) in [6, 6.07) is 13.6. The second kappa shape index (κ2) is 8.31. The number of aliphatic hydroxyl groups is 1. The Bertz CT molecular complexity index is 967. The minimum Gasteiger partial charge on any atom is -0.473 e. The molecule has 0 radical (unpaired) electrons. The first-order chi connectivity index (χ1) is 14.0. The van der Waals surface area contributed by atoms with Gasteiger partial charge in [0.1, 0.15) is 12.3 Å². The average molecular weight is 427 g/mol. The summed E-state index contributed by atoms with van der Waals surface area (Å²) in [5.74, 6) is -3.22. The predicted molar refractivity (Wildman–Crippen MR) is 99.7 cm³/mol. The lowest BCUT2D eigenvalue weighted by atomic mass is 10.2. The van der Waals surface area contributed by atoms with Gasteiger partial charge in [-0.2, -0.15) is 27.1 Å². The number of alkyl halides is 5. The number of hydrogen-bond acceptors (Lipinski definition) is 4. The molecule has 3 rings (SSSR count). The summed E-state index contributed by atoms with van der Waals surface area (Å²) in [7, 11) is 0. The van der Waals surface area contributed by atoms with Crippen molar-refractivity contribution in [1.82, 2.24) is 9.78 Å². The van der Waals surface area contributed by atoms with Gasteiger partial charge in [-0.05, 0) is 36.4 Å². The van der Waals surface area contributed by atoms with E-state index in [9.17, 15) is 27.1 Å². The van der Waals surface area contributed by atoms with Crippen molar-refractivity contribution in [3.8, 4) is 11.6 Å². The average Bonchev–Trinajstić information content (AvgIpc) is 3.12. The third-order valence-corrected chi connectivity index (χ3v) is 4.06. The molecule has 10 heteroatoms. The maximum atomic E-state index is 13.7. The molecule has 1 unspecified atom stereocenters. The van der Waals surface area contributed by atoms with Crippen molar-refractivity contribution in [2.24, 2.45) is 0 Å². The maximum absolute atomic E-state index is 13.7. The maximum Gasteiger partial charge on any atom is 0.416 e. The van der Waals surface area contributed by atoms with Gasteiger partial charge in [-0.15, -0.1) is 0 Å². The Labute approximate surface area is 168 Å². The normalized spacial score (nSPS) is 13.2. The fraction of sp³-hybridized carbons (Fsp3) is 0.250. The molecular weight excluding hydrogens is 409 g/mol. The van der Waals surface area contributed by atoms with Crippen molar-refractivity contribution in [3.63, 3.8) is 0 Å². The number of para-hydroxylation sites is 1. The lowest BCUT2D eigenvalue weighted by Crippen LogP contribution is -2.27. The van der Waals surface area contributed by atoms with Crippen molar-refractivity contribution in [1.29, 1.82) is 0 Å². The molecule has 0 fully saturated rings. The zero-order valence-electron chi connectivity index (χ0n) is 15.7. The molecule has 160 valence electrons. The van der Waals surface area contributed by atoms with Crippen molar-refractivity contribution in [2.45, 2.75) is 25.3 Å². The van der Waals surface area contributed by atoms with Crippen LogP contribution in [0.5, 0.6) is 5.88 Å². The van der Waals surface area contributed by atoms with Crippen LogP contribution in [-0.2, 0) is 12.1 Å². The molecular formula is C20H18F5N3O2. The van der Waals surface area contributed by atoms with Gasteiger partial charge in [0, 0.05) is 18.7 Å². The fourth-order valence-electron chi connectivity index (χ4n) is 2.59. The smallest absolute Gasteiger partial charge is 0.416 e. The lowest BCUT2D eigenvalue weighted by Gasteiger charge is -2.16. The number of nitrogens with zero attached hydrogens (tertiary/aromatic N) is 2. The first-order valence-electron chi connectivity index (χ1n) is 8.82. The quantitative estimate of drug-likeness (QED) is 0.420. The van der Waals surface area contributed by atoms with Crippen molar-refractivity contribution in [2.75, 3.05) is 11.9 Å². The summed E-state index contributed by atoms with van der Waals surface area (Å²) in [5.41, 5.74) is -0.616. The number of anilines is 1. The van der Waals surface area contributed by atoms with E-state index in [0.29, 0.717) is 12.6 Å². The van der Waals surface area contributed by atoms with Gasteiger partial charge in [0.05, 0.1) is 11.3 Å². The van der Waals surface area contributed by atoms with Crippen LogP contribution in [0.3, 0.4) is 0 Å². The second-order valence-electron chi connectivity index (χ2n) is 6.55. The van der Waals surface area contributed by atoms with Crippen LogP contribution in [0.15, 0.2) is 60.7 Å². The molecule has 5 nitrogen and oxygen atoms in total. The van der Waals surface area contributed by atoms with E-state index in [1.165, 1.54) is 4.68 Å². The summed E-state index contributed by atoms with van der Waals surface area (Å²) < 4.78 is 71.8. The number of hydrogen-bond donors (Lipinski definition) is 2. The molecule has 0 aliphatic rings. The molecule has 0 saturated carbocycles. The molecule has 3 aromatic rings. The Balaban J connectivity index is 1.71. The van der Waals surface area contributed by atoms with Crippen LogP contribution < -0.4 is 10.1 Å². The molecule has 1 heterocycles. The molecule has 0 bridgehead atoms. The Morgan fingerprint density at radius 1 is 1.03 bits per heavy atom. The van der Waals surface area contributed by atoms with Crippen LogP contribution in [0.25, 0.3) is 5.69 Å². The number of aliphatic hydroxyl groups excluding tert-OH is 1. The van der Waals surface area contributed by atoms with Gasteiger partial charge in [0.25, 0.3) is 5.92 Å². The third kappa shape index (κ3) is 5.26. The Morgan fingerprint density at radius 2 is 1.67 bits per heavy atom. The van der Waals surface area contributed by atoms with Crippen LogP contribution >= 0.6 is 0 Å². The van der Waals surface area contributed by atoms with Crippen LogP contribution in [-0.4, -0.2) is 27.7 Å². The molecule has 0 aliphatic heterocycles. The van der Waals surface area contributed by atoms with E-state index >= 15 is 0 Å². The van der Waals surface area contributed by atoms with E-state index in [0.717, 1.165) is 30.3 Å². The first-order valence-corrected chi connectivity index (χ1v) is 8.82. The van der Waals surface area contributed by atoms with Crippen molar-refractivity contribution < 1.29 is 31.8 Å². The van der Waals surface area contributed by atoms with Crippen molar-refractivity contribution in [3.05, 3.63) is 71.9 Å². The van der Waals surface area contributed by atoms with Gasteiger partial charge in [-0.25, -0.2) is 4.68 Å². The minimum atomic E-state index is -4.46. The number of nitrogens with one attached hydrogen (secondary N) is 1. The van der Waals surface area contributed by atoms with Crippen LogP contribution in [0.1, 0.15) is 18.2 Å². The van der Waals surface area contributed by atoms with Crippen LogP contribution in [0.4, 0.5) is 27.6 Å². The molecule has 0 spiro atoms. The van der Waals surface area contributed by atoms with Gasteiger partial charge < -0.3 is 15.2 Å². The minimum absolute atomic E-state index is 0.0222. The number of ether oxygens (including phenoxy) is 1. The molecule has 2 aromatic carbocycles. The monoisotopic (exact) mass is 427 g/mol. The van der Waals surface area contributed by atoms with Gasteiger partial charge >= 0.3 is 6.18 Å². The van der Waals surface area contributed by atoms with E-state index in [1.807, 2.05) is 0 Å². The zero-order valence-corrected chi connectivity index (χ0v) is 15.7. The largest absolute Gasteiger partial charge is 0.473 e. The second-order valence-corrected chi connectivity index (χ2v) is 6.55. The van der Waals surface area contributed by atoms with Gasteiger partial charge in [-0.1, -0.05) is 18.2 Å².